The molecule has 0 radical (unpaired) electrons. The molecular formula is C32H36F3N3O4. The van der Waals surface area contributed by atoms with Crippen molar-refractivity contribution in [2.24, 2.45) is 0 Å². The van der Waals surface area contributed by atoms with Crippen molar-refractivity contribution in [1.29, 1.82) is 0 Å². The average molecular weight is 584 g/mol. The maximum Gasteiger partial charge on any atom is 0.410 e. The Bertz CT molecular complexity index is 1400. The molecule has 2 atom stereocenters. The summed E-state index contributed by atoms with van der Waals surface area (Å²) < 4.78 is 51.4. The Labute approximate surface area is 243 Å². The molecule has 1 aliphatic carbocycles. The van der Waals surface area contributed by atoms with Crippen LogP contribution < -0.4 is 0 Å². The molecule has 0 bridgehead atoms. The van der Waals surface area contributed by atoms with Crippen molar-refractivity contribution in [2.45, 2.75) is 82.2 Å². The van der Waals surface area contributed by atoms with Gasteiger partial charge in [0.25, 0.3) is 0 Å². The second-order valence-electron chi connectivity index (χ2n) is 12.4. The fourth-order valence-corrected chi connectivity index (χ4v) is 6.17. The maximum absolute atomic E-state index is 14.8. The third-order valence-electron chi connectivity index (χ3n) is 8.16. The molecule has 10 heteroatoms. The highest BCUT2D eigenvalue weighted by Crippen LogP contribution is 2.51. The van der Waals surface area contributed by atoms with Gasteiger partial charge in [0.05, 0.1) is 17.8 Å². The first kappa shape index (κ1) is 29.8. The van der Waals surface area contributed by atoms with E-state index in [4.69, 9.17) is 9.84 Å². The van der Waals surface area contributed by atoms with Crippen molar-refractivity contribution < 1.29 is 32.6 Å². The number of ether oxygens (including phenoxy) is 1. The van der Waals surface area contributed by atoms with Gasteiger partial charge in [0.2, 0.25) is 0 Å². The summed E-state index contributed by atoms with van der Waals surface area (Å²) in [7, 11) is 0. The van der Waals surface area contributed by atoms with E-state index < -0.39 is 47.1 Å². The van der Waals surface area contributed by atoms with Crippen LogP contribution in [-0.2, 0) is 16.0 Å². The number of carbonyl (C=O) groups excluding carboxylic acids is 2. The second kappa shape index (κ2) is 10.9. The molecule has 2 unspecified atom stereocenters. The number of rotatable bonds is 4. The van der Waals surface area contributed by atoms with Gasteiger partial charge < -0.3 is 14.7 Å². The minimum Gasteiger partial charge on any atom is -0.444 e. The highest BCUT2D eigenvalue weighted by Gasteiger charge is 2.60. The number of alkyl halides is 3. The van der Waals surface area contributed by atoms with Gasteiger partial charge in [-0.1, -0.05) is 60.7 Å². The van der Waals surface area contributed by atoms with E-state index >= 15 is 0 Å². The largest absolute Gasteiger partial charge is 0.444 e. The summed E-state index contributed by atoms with van der Waals surface area (Å²) >= 11 is 0. The monoisotopic (exact) mass is 583 g/mol. The van der Waals surface area contributed by atoms with Crippen molar-refractivity contribution >= 4 is 11.9 Å². The van der Waals surface area contributed by atoms with Gasteiger partial charge in [-0.3, -0.25) is 9.48 Å². The molecule has 5 rings (SSSR count). The standard InChI is InChI=1S/C32H36F3N3O4/c1-30(2,3)42-29(40)37-17-15-20(16-18-37)26-25-23(19-24(39)31(4,41)28(25)32(33,34)35)38(36-26)27(21-11-7-5-8-12-21)22-13-9-6-10-14-22/h5-14,20,27-28,41H,15-19H2,1-4H3. The minimum absolute atomic E-state index is 0.125. The summed E-state index contributed by atoms with van der Waals surface area (Å²) in [4.78, 5) is 27.4. The van der Waals surface area contributed by atoms with E-state index in [0.29, 0.717) is 12.8 Å². The minimum atomic E-state index is -4.90. The van der Waals surface area contributed by atoms with E-state index in [1.165, 1.54) is 0 Å². The van der Waals surface area contributed by atoms with Crippen LogP contribution in [0.15, 0.2) is 60.7 Å². The average Bonchev–Trinajstić information content (AvgIpc) is 3.26. The topological polar surface area (TPSA) is 84.7 Å². The van der Waals surface area contributed by atoms with E-state index in [2.05, 4.69) is 0 Å². The fraction of sp³-hybridized carbons (Fsp3) is 0.469. The van der Waals surface area contributed by atoms with Crippen molar-refractivity contribution in [1.82, 2.24) is 14.7 Å². The van der Waals surface area contributed by atoms with Crippen molar-refractivity contribution in [2.75, 3.05) is 13.1 Å². The lowest BCUT2D eigenvalue weighted by Gasteiger charge is -2.39. The number of carbonyl (C=O) groups is 2. The smallest absolute Gasteiger partial charge is 0.410 e. The normalized spacial score (nSPS) is 21.9. The van der Waals surface area contributed by atoms with Gasteiger partial charge in [-0.25, -0.2) is 4.79 Å². The number of halogens is 3. The summed E-state index contributed by atoms with van der Waals surface area (Å²) in [5, 5.41) is 15.9. The van der Waals surface area contributed by atoms with Crippen LogP contribution in [0.5, 0.6) is 0 Å². The van der Waals surface area contributed by atoms with E-state index in [9.17, 15) is 27.9 Å². The molecule has 1 fully saturated rings. The number of hydrogen-bond acceptors (Lipinski definition) is 5. The van der Waals surface area contributed by atoms with Gasteiger partial charge in [0.15, 0.2) is 5.78 Å². The lowest BCUT2D eigenvalue weighted by Crippen LogP contribution is -2.52. The molecule has 224 valence electrons. The number of nitrogens with zero attached hydrogens (tertiary/aromatic N) is 3. The molecule has 1 N–H and O–H groups in total. The number of likely N-dealkylation sites (tertiary alicyclic amines) is 1. The van der Waals surface area contributed by atoms with Gasteiger partial charge in [-0.15, -0.1) is 0 Å². The first-order chi connectivity index (χ1) is 19.7. The van der Waals surface area contributed by atoms with Crippen molar-refractivity contribution in [3.05, 3.63) is 88.7 Å². The Hall–Kier alpha value is -3.66. The molecule has 1 saturated heterocycles. The maximum atomic E-state index is 14.8. The number of ketones is 1. The molecule has 2 heterocycles. The quantitative estimate of drug-likeness (QED) is 0.398. The Balaban J connectivity index is 1.64. The molecule has 1 amide bonds. The third kappa shape index (κ3) is 5.69. The van der Waals surface area contributed by atoms with Crippen LogP contribution in [0.2, 0.25) is 0 Å². The van der Waals surface area contributed by atoms with Crippen LogP contribution in [0.3, 0.4) is 0 Å². The van der Waals surface area contributed by atoms with Gasteiger partial charge >= 0.3 is 12.3 Å². The van der Waals surface area contributed by atoms with E-state index in [1.807, 2.05) is 60.7 Å². The molecule has 0 spiro atoms. The van der Waals surface area contributed by atoms with Crippen LogP contribution in [0.4, 0.5) is 18.0 Å². The number of fused-ring (bicyclic) bond motifs is 1. The van der Waals surface area contributed by atoms with Gasteiger partial charge in [-0.2, -0.15) is 18.3 Å². The molecule has 2 aliphatic rings. The molecule has 1 aromatic heterocycles. The predicted octanol–water partition coefficient (Wildman–Crippen LogP) is 6.16. The van der Waals surface area contributed by atoms with Crippen LogP contribution in [0, 0.1) is 0 Å². The summed E-state index contributed by atoms with van der Waals surface area (Å²) in [5.74, 6) is -3.74. The molecule has 42 heavy (non-hydrogen) atoms. The van der Waals surface area contributed by atoms with E-state index in [0.717, 1.165) is 18.1 Å². The zero-order valence-electron chi connectivity index (χ0n) is 24.2. The summed E-state index contributed by atoms with van der Waals surface area (Å²) in [6, 6.07) is 18.0. The Morgan fingerprint density at radius 1 is 1.00 bits per heavy atom. The number of hydrogen-bond donors (Lipinski definition) is 1. The van der Waals surface area contributed by atoms with Crippen LogP contribution in [0.25, 0.3) is 0 Å². The zero-order valence-corrected chi connectivity index (χ0v) is 24.2. The molecule has 1 aliphatic heterocycles. The van der Waals surface area contributed by atoms with E-state index in [-0.39, 0.29) is 36.5 Å². The first-order valence-electron chi connectivity index (χ1n) is 14.2. The number of aliphatic hydroxyl groups is 1. The summed E-state index contributed by atoms with van der Waals surface area (Å²) in [6.45, 7) is 6.85. The Morgan fingerprint density at radius 2 is 1.52 bits per heavy atom. The molecule has 7 nitrogen and oxygen atoms in total. The molecular weight excluding hydrogens is 547 g/mol. The number of aromatic nitrogens is 2. The van der Waals surface area contributed by atoms with Crippen molar-refractivity contribution in [3.63, 3.8) is 0 Å². The molecule has 3 aromatic rings. The van der Waals surface area contributed by atoms with Crippen LogP contribution in [-0.4, -0.2) is 62.1 Å². The van der Waals surface area contributed by atoms with Gasteiger partial charge in [0.1, 0.15) is 23.2 Å². The molecule has 0 saturated carbocycles. The number of piperidine rings is 1. The van der Waals surface area contributed by atoms with Gasteiger partial charge in [-0.05, 0) is 51.7 Å². The fourth-order valence-electron chi connectivity index (χ4n) is 6.17. The zero-order chi connectivity index (χ0) is 30.4. The van der Waals surface area contributed by atoms with Gasteiger partial charge in [0, 0.05) is 24.6 Å². The third-order valence-corrected chi connectivity index (χ3v) is 8.16. The molecule has 2 aromatic carbocycles. The summed E-state index contributed by atoms with van der Waals surface area (Å²) in [6.07, 6.45) is -5.02. The lowest BCUT2D eigenvalue weighted by atomic mass is 9.71. The van der Waals surface area contributed by atoms with Crippen molar-refractivity contribution in [3.8, 4) is 0 Å². The number of amides is 1. The van der Waals surface area contributed by atoms with Crippen LogP contribution >= 0.6 is 0 Å². The Kier molecular flexibility index (Phi) is 7.72. The number of Topliss-reactive ketones (excluding diaryl/α,β-unsaturated/α-hetero) is 1. The Morgan fingerprint density at radius 3 is 2.00 bits per heavy atom. The highest BCUT2D eigenvalue weighted by atomic mass is 19.4. The predicted molar refractivity (Wildman–Crippen MR) is 150 cm³/mol. The SMILES string of the molecule is CC(C)(C)OC(=O)N1CCC(c2nn(C(c3ccccc3)c3ccccc3)c3c2C(C(F)(F)F)C(C)(O)C(=O)C3)CC1. The second-order valence-corrected chi connectivity index (χ2v) is 12.4. The number of benzene rings is 2. The highest BCUT2D eigenvalue weighted by molar-refractivity contribution is 5.92. The lowest BCUT2D eigenvalue weighted by molar-refractivity contribution is -0.198. The summed E-state index contributed by atoms with van der Waals surface area (Å²) in [5.41, 5.74) is -1.45. The van der Waals surface area contributed by atoms with Crippen LogP contribution in [0.1, 0.15) is 86.5 Å². The first-order valence-corrected chi connectivity index (χ1v) is 14.2. The van der Waals surface area contributed by atoms with E-state index in [1.54, 1.807) is 30.4 Å².